The van der Waals surface area contributed by atoms with Crippen molar-refractivity contribution in [1.82, 2.24) is 9.62 Å². The molecule has 1 N–H and O–H groups in total. The Morgan fingerprint density at radius 2 is 1.71 bits per heavy atom. The molecule has 5 nitrogen and oxygen atoms in total. The van der Waals surface area contributed by atoms with Crippen molar-refractivity contribution in [2.75, 3.05) is 19.3 Å². The van der Waals surface area contributed by atoms with Gasteiger partial charge in [-0.1, -0.05) is 43.4 Å². The number of amides is 1. The van der Waals surface area contributed by atoms with E-state index in [4.69, 9.17) is 0 Å². The molecule has 1 amide bonds. The Bertz CT molecular complexity index is 633. The average molecular weight is 352 g/mol. The van der Waals surface area contributed by atoms with Crippen LogP contribution >= 0.6 is 0 Å². The van der Waals surface area contributed by atoms with Gasteiger partial charge in [-0.25, -0.2) is 8.42 Å². The van der Waals surface area contributed by atoms with E-state index in [1.807, 2.05) is 19.1 Å². The zero-order chi connectivity index (χ0) is 17.6. The lowest BCUT2D eigenvalue weighted by atomic mass is 10.1. The Labute approximate surface area is 145 Å². The molecule has 0 heterocycles. The van der Waals surface area contributed by atoms with Gasteiger partial charge >= 0.3 is 0 Å². The van der Waals surface area contributed by atoms with Gasteiger partial charge in [-0.15, -0.1) is 0 Å². The number of hydrogen-bond donors (Lipinski definition) is 1. The molecule has 1 aromatic rings. The summed E-state index contributed by atoms with van der Waals surface area (Å²) in [6.07, 6.45) is 7.60. The monoisotopic (exact) mass is 352 g/mol. The lowest BCUT2D eigenvalue weighted by Crippen LogP contribution is -2.44. The van der Waals surface area contributed by atoms with Crippen LogP contribution in [-0.2, 0) is 10.0 Å². The van der Waals surface area contributed by atoms with E-state index in [1.54, 1.807) is 16.4 Å². The Morgan fingerprint density at radius 1 is 1.12 bits per heavy atom. The third kappa shape index (κ3) is 5.60. The highest BCUT2D eigenvalue weighted by molar-refractivity contribution is 7.88. The van der Waals surface area contributed by atoms with E-state index in [0.717, 1.165) is 31.2 Å². The molecule has 2 rings (SSSR count). The lowest BCUT2D eigenvalue weighted by Gasteiger charge is -2.29. The second kappa shape index (κ2) is 8.62. The molecule has 6 heteroatoms. The van der Waals surface area contributed by atoms with Crippen molar-refractivity contribution in [3.05, 3.63) is 35.4 Å². The number of sulfonamides is 1. The molecular weight excluding hydrogens is 324 g/mol. The van der Waals surface area contributed by atoms with Gasteiger partial charge in [0.15, 0.2) is 0 Å². The molecular formula is C18H28N2O3S. The highest BCUT2D eigenvalue weighted by atomic mass is 32.2. The topological polar surface area (TPSA) is 66.5 Å². The molecule has 24 heavy (non-hydrogen) atoms. The zero-order valence-corrected chi connectivity index (χ0v) is 15.4. The van der Waals surface area contributed by atoms with Gasteiger partial charge in [0.05, 0.1) is 6.26 Å². The average Bonchev–Trinajstić information content (AvgIpc) is 2.79. The second-order valence-corrected chi connectivity index (χ2v) is 8.58. The lowest BCUT2D eigenvalue weighted by molar-refractivity contribution is 0.0950. The maximum Gasteiger partial charge on any atom is 0.251 e. The van der Waals surface area contributed by atoms with Gasteiger partial charge in [0, 0.05) is 24.7 Å². The molecule has 1 aromatic carbocycles. The quantitative estimate of drug-likeness (QED) is 0.801. The Hall–Kier alpha value is -1.40. The number of carbonyl (C=O) groups is 1. The number of benzene rings is 1. The Morgan fingerprint density at radius 3 is 2.25 bits per heavy atom. The van der Waals surface area contributed by atoms with Crippen LogP contribution in [0.4, 0.5) is 0 Å². The molecule has 0 unspecified atom stereocenters. The molecule has 134 valence electrons. The summed E-state index contributed by atoms with van der Waals surface area (Å²) in [5.41, 5.74) is 1.70. The number of hydrogen-bond acceptors (Lipinski definition) is 3. The summed E-state index contributed by atoms with van der Waals surface area (Å²) in [5.74, 6) is -0.163. The molecule has 1 aliphatic carbocycles. The molecule has 0 atom stereocenters. The summed E-state index contributed by atoms with van der Waals surface area (Å²) < 4.78 is 25.9. The second-order valence-electron chi connectivity index (χ2n) is 6.64. The van der Waals surface area contributed by atoms with Crippen molar-refractivity contribution in [2.45, 2.75) is 51.5 Å². The van der Waals surface area contributed by atoms with E-state index >= 15 is 0 Å². The van der Waals surface area contributed by atoms with Gasteiger partial charge in [-0.2, -0.15) is 4.31 Å². The van der Waals surface area contributed by atoms with Crippen LogP contribution in [-0.4, -0.2) is 44.0 Å². The van der Waals surface area contributed by atoms with Gasteiger partial charge in [-0.05, 0) is 31.9 Å². The molecule has 0 aliphatic heterocycles. The first kappa shape index (κ1) is 18.9. The van der Waals surface area contributed by atoms with Crippen LogP contribution in [0.3, 0.4) is 0 Å². The molecule has 0 saturated heterocycles. The maximum atomic E-state index is 12.1. The third-order valence-electron chi connectivity index (χ3n) is 4.59. The fraction of sp³-hybridized carbons (Fsp3) is 0.611. The predicted molar refractivity (Wildman–Crippen MR) is 96.6 cm³/mol. The number of aryl methyl sites for hydroxylation is 1. The van der Waals surface area contributed by atoms with Crippen LogP contribution < -0.4 is 5.32 Å². The van der Waals surface area contributed by atoms with Gasteiger partial charge in [-0.3, -0.25) is 4.79 Å². The number of rotatable bonds is 6. The van der Waals surface area contributed by atoms with E-state index in [-0.39, 0.29) is 11.9 Å². The first-order valence-corrected chi connectivity index (χ1v) is 10.5. The van der Waals surface area contributed by atoms with Gasteiger partial charge in [0.2, 0.25) is 10.0 Å². The fourth-order valence-electron chi connectivity index (χ4n) is 3.25. The van der Waals surface area contributed by atoms with Crippen molar-refractivity contribution < 1.29 is 13.2 Å². The predicted octanol–water partition coefficient (Wildman–Crippen LogP) is 2.71. The van der Waals surface area contributed by atoms with Crippen LogP contribution in [0.5, 0.6) is 0 Å². The van der Waals surface area contributed by atoms with E-state index < -0.39 is 10.0 Å². The summed E-state index contributed by atoms with van der Waals surface area (Å²) in [4.78, 5) is 12.1. The van der Waals surface area contributed by atoms with E-state index in [0.29, 0.717) is 18.7 Å². The third-order valence-corrected chi connectivity index (χ3v) is 5.92. The van der Waals surface area contributed by atoms with Gasteiger partial charge in [0.1, 0.15) is 0 Å². The smallest absolute Gasteiger partial charge is 0.251 e. The normalized spacial score (nSPS) is 16.8. The van der Waals surface area contributed by atoms with Crippen LogP contribution in [0.2, 0.25) is 0 Å². The van der Waals surface area contributed by atoms with Crippen molar-refractivity contribution in [3.63, 3.8) is 0 Å². The van der Waals surface area contributed by atoms with E-state index in [2.05, 4.69) is 5.32 Å². The first-order valence-electron chi connectivity index (χ1n) is 8.69. The largest absolute Gasteiger partial charge is 0.351 e. The van der Waals surface area contributed by atoms with Crippen LogP contribution in [0.25, 0.3) is 0 Å². The number of carbonyl (C=O) groups excluding carboxylic acids is 1. The van der Waals surface area contributed by atoms with Crippen LogP contribution in [0, 0.1) is 6.92 Å². The molecule has 0 bridgehead atoms. The standard InChI is InChI=1S/C18H28N2O3S/c1-15-9-11-16(12-10-15)18(21)19-13-14-20(24(2,22)23)17-7-5-3-4-6-8-17/h9-12,17H,3-8,13-14H2,1-2H3,(H,19,21). The Balaban J connectivity index is 1.93. The van der Waals surface area contributed by atoms with Crippen molar-refractivity contribution in [1.29, 1.82) is 0 Å². The molecule has 0 radical (unpaired) electrons. The fourth-order valence-corrected chi connectivity index (χ4v) is 4.43. The summed E-state index contributed by atoms with van der Waals surface area (Å²) >= 11 is 0. The molecule has 1 aliphatic rings. The van der Waals surface area contributed by atoms with Crippen molar-refractivity contribution >= 4 is 15.9 Å². The zero-order valence-electron chi connectivity index (χ0n) is 14.6. The SMILES string of the molecule is Cc1ccc(C(=O)NCCN(C2CCCCCC2)S(C)(=O)=O)cc1. The molecule has 1 saturated carbocycles. The first-order chi connectivity index (χ1) is 11.4. The van der Waals surface area contributed by atoms with E-state index in [1.165, 1.54) is 19.1 Å². The minimum Gasteiger partial charge on any atom is -0.351 e. The summed E-state index contributed by atoms with van der Waals surface area (Å²) in [6.45, 7) is 2.63. The van der Waals surface area contributed by atoms with Gasteiger partial charge < -0.3 is 5.32 Å². The minimum atomic E-state index is -3.27. The van der Waals surface area contributed by atoms with E-state index in [9.17, 15) is 13.2 Å². The van der Waals surface area contributed by atoms with Crippen molar-refractivity contribution in [3.8, 4) is 0 Å². The highest BCUT2D eigenvalue weighted by Crippen LogP contribution is 2.23. The summed E-state index contributed by atoms with van der Waals surface area (Å²) in [6, 6.07) is 7.42. The molecule has 0 aromatic heterocycles. The maximum absolute atomic E-state index is 12.1. The summed E-state index contributed by atoms with van der Waals surface area (Å²) in [7, 11) is -3.27. The summed E-state index contributed by atoms with van der Waals surface area (Å²) in [5, 5.41) is 2.83. The molecule has 1 fully saturated rings. The molecule has 0 spiro atoms. The Kier molecular flexibility index (Phi) is 6.80. The van der Waals surface area contributed by atoms with Crippen molar-refractivity contribution in [2.24, 2.45) is 0 Å². The minimum absolute atomic E-state index is 0.0683. The highest BCUT2D eigenvalue weighted by Gasteiger charge is 2.27. The number of nitrogens with one attached hydrogen (secondary N) is 1. The van der Waals surface area contributed by atoms with Crippen LogP contribution in [0.15, 0.2) is 24.3 Å². The van der Waals surface area contributed by atoms with Gasteiger partial charge in [0.25, 0.3) is 5.91 Å². The van der Waals surface area contributed by atoms with Crippen LogP contribution in [0.1, 0.15) is 54.4 Å². The number of nitrogens with zero attached hydrogens (tertiary/aromatic N) is 1.